The molecule has 0 aliphatic heterocycles. The van der Waals surface area contributed by atoms with Crippen LogP contribution >= 0.6 is 35.0 Å². The predicted octanol–water partition coefficient (Wildman–Crippen LogP) is 5.07. The van der Waals surface area contributed by atoms with Crippen molar-refractivity contribution in [2.75, 3.05) is 13.4 Å². The molecule has 0 radical (unpaired) electrons. The van der Waals surface area contributed by atoms with E-state index in [1.165, 1.54) is 17.8 Å². The summed E-state index contributed by atoms with van der Waals surface area (Å²) in [5.74, 6) is -0.760. The van der Waals surface area contributed by atoms with E-state index < -0.39 is 12.1 Å². The number of carbonyl (C=O) groups excluding carboxylic acids is 1. The van der Waals surface area contributed by atoms with E-state index in [1.807, 2.05) is 18.4 Å². The van der Waals surface area contributed by atoms with Crippen LogP contribution in [0.25, 0.3) is 0 Å². The van der Waals surface area contributed by atoms with Crippen LogP contribution in [0.5, 0.6) is 5.75 Å². The molecule has 0 saturated carbocycles. The number of thioether (sulfide) groups is 1. The Balaban J connectivity index is 2.29. The summed E-state index contributed by atoms with van der Waals surface area (Å²) in [5.41, 5.74) is 1.80. The number of methoxy groups -OCH3 is 1. The van der Waals surface area contributed by atoms with Crippen LogP contribution in [0.1, 0.15) is 35.3 Å². The fourth-order valence-electron chi connectivity index (χ4n) is 3.04. The second-order valence-corrected chi connectivity index (χ2v) is 8.70. The van der Waals surface area contributed by atoms with Crippen molar-refractivity contribution in [2.24, 2.45) is 0 Å². The molecule has 1 atom stereocenters. The van der Waals surface area contributed by atoms with Crippen LogP contribution < -0.4 is 10.1 Å². The minimum Gasteiger partial charge on any atom is -0.495 e. The van der Waals surface area contributed by atoms with Crippen LogP contribution in [0, 0.1) is 0 Å². The number of rotatable bonds is 10. The van der Waals surface area contributed by atoms with Crippen molar-refractivity contribution >= 4 is 46.8 Å². The quantitative estimate of drug-likeness (QED) is 0.456. The standard InChI is InChI=1S/C22H25Cl2NO5S/c1-12(2)30-18(22(27)28)8-13-7-14(20(29-3)19(9-13)31-4)11-25-21(26)16-6-5-15(23)10-17(16)24/h5-7,9-10,12,18H,8,11H2,1-4H3,(H,25,26)(H,27,28). The molecule has 168 valence electrons. The van der Waals surface area contributed by atoms with E-state index in [2.05, 4.69) is 5.32 Å². The van der Waals surface area contributed by atoms with Crippen LogP contribution in [-0.2, 0) is 22.5 Å². The van der Waals surface area contributed by atoms with Gasteiger partial charge in [-0.1, -0.05) is 29.3 Å². The zero-order chi connectivity index (χ0) is 23.1. The lowest BCUT2D eigenvalue weighted by atomic mass is 10.0. The van der Waals surface area contributed by atoms with E-state index in [9.17, 15) is 14.7 Å². The molecule has 0 heterocycles. The Hall–Kier alpha value is -1.93. The molecule has 9 heteroatoms. The highest BCUT2D eigenvalue weighted by molar-refractivity contribution is 7.98. The van der Waals surface area contributed by atoms with Crippen molar-refractivity contribution in [1.82, 2.24) is 5.32 Å². The third-order valence-corrected chi connectivity index (χ3v) is 5.65. The molecule has 0 spiro atoms. The van der Waals surface area contributed by atoms with E-state index in [0.717, 1.165) is 16.0 Å². The molecule has 0 aliphatic rings. The molecule has 2 N–H and O–H groups in total. The zero-order valence-corrected chi connectivity index (χ0v) is 20.0. The highest BCUT2D eigenvalue weighted by atomic mass is 35.5. The van der Waals surface area contributed by atoms with Gasteiger partial charge in [0.25, 0.3) is 5.91 Å². The maximum atomic E-state index is 12.6. The fraction of sp³-hybridized carbons (Fsp3) is 0.364. The Morgan fingerprint density at radius 2 is 1.90 bits per heavy atom. The zero-order valence-electron chi connectivity index (χ0n) is 17.7. The summed E-state index contributed by atoms with van der Waals surface area (Å²) in [5, 5.41) is 13.0. The van der Waals surface area contributed by atoms with Crippen LogP contribution in [0.15, 0.2) is 35.2 Å². The first kappa shape index (κ1) is 25.3. The van der Waals surface area contributed by atoms with Gasteiger partial charge in [-0.3, -0.25) is 4.79 Å². The maximum Gasteiger partial charge on any atom is 0.333 e. The number of carboxylic acids is 1. The van der Waals surface area contributed by atoms with Crippen LogP contribution in [-0.4, -0.2) is 42.6 Å². The summed E-state index contributed by atoms with van der Waals surface area (Å²) in [6.45, 7) is 3.76. The first-order valence-electron chi connectivity index (χ1n) is 9.51. The van der Waals surface area contributed by atoms with Gasteiger partial charge in [-0.05, 0) is 49.9 Å². The lowest BCUT2D eigenvalue weighted by molar-refractivity contribution is -0.153. The van der Waals surface area contributed by atoms with Crippen molar-refractivity contribution in [3.63, 3.8) is 0 Å². The lowest BCUT2D eigenvalue weighted by Crippen LogP contribution is -2.29. The molecular formula is C22H25Cl2NO5S. The molecule has 0 fully saturated rings. The number of aliphatic carboxylic acids is 1. The highest BCUT2D eigenvalue weighted by Crippen LogP contribution is 2.33. The van der Waals surface area contributed by atoms with E-state index in [-0.39, 0.29) is 30.0 Å². The average Bonchev–Trinajstić information content (AvgIpc) is 2.70. The molecule has 0 aliphatic carbocycles. The number of hydrogen-bond donors (Lipinski definition) is 2. The molecular weight excluding hydrogens is 461 g/mol. The first-order chi connectivity index (χ1) is 14.7. The fourth-order valence-corrected chi connectivity index (χ4v) is 4.20. The van der Waals surface area contributed by atoms with Crippen LogP contribution in [0.3, 0.4) is 0 Å². The van der Waals surface area contributed by atoms with Gasteiger partial charge in [-0.25, -0.2) is 4.79 Å². The molecule has 1 unspecified atom stereocenters. The number of carboxylic acid groups (broad SMARTS) is 1. The number of hydrogen-bond acceptors (Lipinski definition) is 5. The van der Waals surface area contributed by atoms with Crippen LogP contribution in [0.2, 0.25) is 10.0 Å². The van der Waals surface area contributed by atoms with Crippen LogP contribution in [0.4, 0.5) is 0 Å². The number of halogens is 2. The Morgan fingerprint density at radius 3 is 2.45 bits per heavy atom. The number of nitrogens with one attached hydrogen (secondary N) is 1. The largest absolute Gasteiger partial charge is 0.495 e. The summed E-state index contributed by atoms with van der Waals surface area (Å²) in [4.78, 5) is 25.0. The molecule has 31 heavy (non-hydrogen) atoms. The number of amides is 1. The van der Waals surface area contributed by atoms with E-state index in [0.29, 0.717) is 16.3 Å². The predicted molar refractivity (Wildman–Crippen MR) is 124 cm³/mol. The van der Waals surface area contributed by atoms with Gasteiger partial charge in [-0.15, -0.1) is 11.8 Å². The van der Waals surface area contributed by atoms with Gasteiger partial charge < -0.3 is 19.9 Å². The average molecular weight is 486 g/mol. The number of ether oxygens (including phenoxy) is 2. The summed E-state index contributed by atoms with van der Waals surface area (Å²) in [7, 11) is 1.55. The number of benzene rings is 2. The second kappa shape index (κ2) is 11.6. The minimum atomic E-state index is -1.03. The summed E-state index contributed by atoms with van der Waals surface area (Å²) in [6.07, 6.45) is 0.895. The second-order valence-electron chi connectivity index (χ2n) is 7.01. The SMILES string of the molecule is COc1c(CNC(=O)c2ccc(Cl)cc2Cl)cc(CC(OC(C)C)C(=O)O)cc1SC. The van der Waals surface area contributed by atoms with E-state index >= 15 is 0 Å². The summed E-state index contributed by atoms with van der Waals surface area (Å²) >= 11 is 13.5. The van der Waals surface area contributed by atoms with E-state index in [1.54, 1.807) is 33.1 Å². The van der Waals surface area contributed by atoms with Gasteiger partial charge in [0, 0.05) is 28.4 Å². The smallest absolute Gasteiger partial charge is 0.333 e. The molecule has 0 aromatic heterocycles. The molecule has 0 saturated heterocycles. The summed E-state index contributed by atoms with van der Waals surface area (Å²) in [6, 6.07) is 8.36. The molecule has 2 aromatic rings. The van der Waals surface area contributed by atoms with Crippen molar-refractivity contribution in [3.8, 4) is 5.75 Å². The Morgan fingerprint density at radius 1 is 1.19 bits per heavy atom. The van der Waals surface area contributed by atoms with Crippen molar-refractivity contribution < 1.29 is 24.2 Å². The van der Waals surface area contributed by atoms with Crippen molar-refractivity contribution in [1.29, 1.82) is 0 Å². The normalized spacial score (nSPS) is 12.0. The third-order valence-electron chi connectivity index (χ3n) is 4.36. The molecule has 1 amide bonds. The van der Waals surface area contributed by atoms with Crippen molar-refractivity contribution in [3.05, 3.63) is 57.1 Å². The van der Waals surface area contributed by atoms with Gasteiger partial charge in [0.15, 0.2) is 6.10 Å². The first-order valence-corrected chi connectivity index (χ1v) is 11.5. The Kier molecular flexibility index (Phi) is 9.50. The monoisotopic (exact) mass is 485 g/mol. The lowest BCUT2D eigenvalue weighted by Gasteiger charge is -2.19. The maximum absolute atomic E-state index is 12.6. The van der Waals surface area contributed by atoms with Gasteiger partial charge >= 0.3 is 5.97 Å². The molecule has 2 rings (SSSR count). The molecule has 6 nitrogen and oxygen atoms in total. The minimum absolute atomic E-state index is 0.172. The Labute approximate surface area is 196 Å². The molecule has 2 aromatic carbocycles. The summed E-state index contributed by atoms with van der Waals surface area (Å²) < 4.78 is 11.1. The van der Waals surface area contributed by atoms with Gasteiger partial charge in [0.1, 0.15) is 5.75 Å². The topological polar surface area (TPSA) is 84.9 Å². The Bertz CT molecular complexity index is 952. The highest BCUT2D eigenvalue weighted by Gasteiger charge is 2.22. The number of carbonyl (C=O) groups is 2. The van der Waals surface area contributed by atoms with Gasteiger partial charge in [0.05, 0.1) is 23.8 Å². The van der Waals surface area contributed by atoms with Gasteiger partial charge in [-0.2, -0.15) is 0 Å². The van der Waals surface area contributed by atoms with Crippen molar-refractivity contribution in [2.45, 2.75) is 43.9 Å². The van der Waals surface area contributed by atoms with Gasteiger partial charge in [0.2, 0.25) is 0 Å². The van der Waals surface area contributed by atoms with E-state index in [4.69, 9.17) is 32.7 Å². The third kappa shape index (κ3) is 7.04. The molecule has 0 bridgehead atoms.